The van der Waals surface area contributed by atoms with Crippen molar-refractivity contribution >= 4 is 11.3 Å². The van der Waals surface area contributed by atoms with Gasteiger partial charge in [0, 0.05) is 32.8 Å². The zero-order chi connectivity index (χ0) is 13.6. The van der Waals surface area contributed by atoms with Gasteiger partial charge < -0.3 is 0 Å². The average Bonchev–Trinajstić information content (AvgIpc) is 2.88. The van der Waals surface area contributed by atoms with Gasteiger partial charge in [-0.25, -0.2) is 0 Å². The molecule has 2 heterocycles. The molecule has 0 unspecified atom stereocenters. The molecular formula is C15H11NO2S. The molecule has 0 radical (unpaired) electrons. The van der Waals surface area contributed by atoms with Crippen LogP contribution in [0.15, 0.2) is 40.1 Å². The van der Waals surface area contributed by atoms with Gasteiger partial charge in [0.2, 0.25) is 10.9 Å². The zero-order valence-electron chi connectivity index (χ0n) is 10.6. The predicted octanol–water partition coefficient (Wildman–Crippen LogP) is 2.69. The molecule has 19 heavy (non-hydrogen) atoms. The normalized spacial score (nSPS) is 11.1. The van der Waals surface area contributed by atoms with Crippen LogP contribution in [0.2, 0.25) is 0 Å². The minimum atomic E-state index is -0.368. The van der Waals surface area contributed by atoms with Gasteiger partial charge in [0.1, 0.15) is 0 Å². The summed E-state index contributed by atoms with van der Waals surface area (Å²) in [6.07, 6.45) is 1.82. The van der Waals surface area contributed by atoms with Crippen molar-refractivity contribution in [2.45, 2.75) is 13.8 Å². The number of aromatic nitrogens is 1. The molecule has 0 N–H and O–H groups in total. The summed E-state index contributed by atoms with van der Waals surface area (Å²) in [5, 5.41) is 0. The van der Waals surface area contributed by atoms with Gasteiger partial charge in [-0.15, -0.1) is 11.3 Å². The maximum atomic E-state index is 11.5. The summed E-state index contributed by atoms with van der Waals surface area (Å²) in [5.41, 5.74) is 2.41. The third-order valence-electron chi connectivity index (χ3n) is 3.20. The van der Waals surface area contributed by atoms with Crippen LogP contribution in [0.4, 0.5) is 0 Å². The first-order chi connectivity index (χ1) is 9.08. The van der Waals surface area contributed by atoms with Gasteiger partial charge in [-0.3, -0.25) is 14.6 Å². The first-order valence-corrected chi connectivity index (χ1v) is 6.72. The number of rotatable bonds is 2. The minimum Gasteiger partial charge on any atom is -0.285 e. The molecule has 0 aliphatic rings. The number of pyridine rings is 1. The summed E-state index contributed by atoms with van der Waals surface area (Å²) in [7, 11) is 0. The molecule has 1 aromatic carbocycles. The fourth-order valence-corrected chi connectivity index (χ4v) is 3.14. The molecule has 0 fully saturated rings. The van der Waals surface area contributed by atoms with Gasteiger partial charge in [0.25, 0.3) is 0 Å². The topological polar surface area (TPSA) is 47.0 Å². The molecule has 0 saturated carbocycles. The number of hydrogen-bond donors (Lipinski definition) is 0. The van der Waals surface area contributed by atoms with Crippen LogP contribution < -0.4 is 10.9 Å². The number of thiophene rings is 1. The molecule has 0 aliphatic heterocycles. The molecule has 2 aromatic heterocycles. The molecule has 0 amide bonds. The second-order valence-electron chi connectivity index (χ2n) is 4.51. The van der Waals surface area contributed by atoms with Crippen LogP contribution in [-0.2, 0) is 0 Å². The molecule has 0 saturated heterocycles. The summed E-state index contributed by atoms with van der Waals surface area (Å²) in [6.45, 7) is 3.64. The molecule has 3 nitrogen and oxygen atoms in total. The first kappa shape index (κ1) is 12.0. The fraction of sp³-hybridized carbons (Fsp3) is 0.133. The average molecular weight is 269 g/mol. The predicted molar refractivity (Wildman–Crippen MR) is 77.4 cm³/mol. The lowest BCUT2D eigenvalue weighted by Gasteiger charge is -2.03. The highest BCUT2D eigenvalue weighted by Gasteiger charge is 2.19. The van der Waals surface area contributed by atoms with E-state index in [0.29, 0.717) is 11.1 Å². The van der Waals surface area contributed by atoms with Crippen molar-refractivity contribution in [1.82, 2.24) is 4.98 Å². The molecule has 4 heteroatoms. The molecule has 3 aromatic rings. The SMILES string of the molecule is Cc1ccc(-c2ccc(-c3c(C)c(=O)c3=O)s2)cn1. The summed E-state index contributed by atoms with van der Waals surface area (Å²) >= 11 is 1.51. The quantitative estimate of drug-likeness (QED) is 0.672. The minimum absolute atomic E-state index is 0.359. The lowest BCUT2D eigenvalue weighted by Crippen LogP contribution is -2.35. The Bertz CT molecular complexity index is 821. The van der Waals surface area contributed by atoms with E-state index in [1.165, 1.54) is 11.3 Å². The van der Waals surface area contributed by atoms with Crippen LogP contribution >= 0.6 is 11.3 Å². The van der Waals surface area contributed by atoms with E-state index in [0.717, 1.165) is 21.0 Å². The van der Waals surface area contributed by atoms with E-state index in [2.05, 4.69) is 4.98 Å². The van der Waals surface area contributed by atoms with Crippen molar-refractivity contribution < 1.29 is 0 Å². The Morgan fingerprint density at radius 3 is 2.32 bits per heavy atom. The Balaban J connectivity index is 2.03. The van der Waals surface area contributed by atoms with E-state index in [1.54, 1.807) is 6.92 Å². The summed E-state index contributed by atoms with van der Waals surface area (Å²) in [6, 6.07) is 7.82. The van der Waals surface area contributed by atoms with Crippen molar-refractivity contribution in [2.24, 2.45) is 0 Å². The second kappa shape index (κ2) is 4.24. The smallest absolute Gasteiger partial charge is 0.235 e. The zero-order valence-corrected chi connectivity index (χ0v) is 11.4. The third kappa shape index (κ3) is 1.85. The fourth-order valence-electron chi connectivity index (χ4n) is 2.04. The van der Waals surface area contributed by atoms with Crippen molar-refractivity contribution in [3.63, 3.8) is 0 Å². The van der Waals surface area contributed by atoms with E-state index in [9.17, 15) is 9.59 Å². The van der Waals surface area contributed by atoms with Crippen molar-refractivity contribution in [3.8, 4) is 20.9 Å². The van der Waals surface area contributed by atoms with Gasteiger partial charge in [-0.05, 0) is 32.0 Å². The van der Waals surface area contributed by atoms with E-state index in [-0.39, 0.29) is 10.9 Å². The molecular weight excluding hydrogens is 258 g/mol. The molecule has 0 spiro atoms. The van der Waals surface area contributed by atoms with Gasteiger partial charge in [0.15, 0.2) is 0 Å². The Kier molecular flexibility index (Phi) is 2.68. The lowest BCUT2D eigenvalue weighted by atomic mass is 10.0. The lowest BCUT2D eigenvalue weighted by molar-refractivity contribution is 1.20. The molecule has 0 bridgehead atoms. The Hall–Kier alpha value is -2.07. The maximum Gasteiger partial charge on any atom is 0.235 e. The third-order valence-corrected chi connectivity index (χ3v) is 4.35. The summed E-state index contributed by atoms with van der Waals surface area (Å²) in [5.74, 6) is 0. The number of hydrogen-bond acceptors (Lipinski definition) is 4. The molecule has 0 atom stereocenters. The highest BCUT2D eigenvalue weighted by molar-refractivity contribution is 7.18. The van der Waals surface area contributed by atoms with Gasteiger partial charge in [-0.2, -0.15) is 0 Å². The Morgan fingerprint density at radius 1 is 0.947 bits per heavy atom. The standard InChI is InChI=1S/C15H11NO2S/c1-8-3-4-10(7-16-8)11-5-6-12(19-11)13-9(2)14(17)15(13)18/h3-7H,1-2H3. The Morgan fingerprint density at radius 2 is 1.68 bits per heavy atom. The highest BCUT2D eigenvalue weighted by atomic mass is 32.1. The Labute approximate surface area is 113 Å². The van der Waals surface area contributed by atoms with E-state index >= 15 is 0 Å². The largest absolute Gasteiger partial charge is 0.285 e. The van der Waals surface area contributed by atoms with Crippen LogP contribution in [0, 0.1) is 13.8 Å². The van der Waals surface area contributed by atoms with Crippen LogP contribution in [0.1, 0.15) is 11.3 Å². The van der Waals surface area contributed by atoms with Crippen molar-refractivity contribution in [2.75, 3.05) is 0 Å². The highest BCUT2D eigenvalue weighted by Crippen LogP contribution is 2.33. The van der Waals surface area contributed by atoms with Crippen molar-refractivity contribution in [3.05, 3.63) is 62.2 Å². The maximum absolute atomic E-state index is 11.5. The van der Waals surface area contributed by atoms with Crippen molar-refractivity contribution in [1.29, 1.82) is 0 Å². The van der Waals surface area contributed by atoms with Crippen LogP contribution in [0.5, 0.6) is 0 Å². The van der Waals surface area contributed by atoms with E-state index in [4.69, 9.17) is 0 Å². The van der Waals surface area contributed by atoms with Crippen LogP contribution in [-0.4, -0.2) is 4.98 Å². The van der Waals surface area contributed by atoms with Crippen LogP contribution in [0.25, 0.3) is 20.9 Å². The van der Waals surface area contributed by atoms with E-state index in [1.807, 2.05) is 37.4 Å². The number of aryl methyl sites for hydroxylation is 1. The van der Waals surface area contributed by atoms with Gasteiger partial charge in [0.05, 0.1) is 5.56 Å². The van der Waals surface area contributed by atoms with Gasteiger partial charge >= 0.3 is 0 Å². The summed E-state index contributed by atoms with van der Waals surface area (Å²) < 4.78 is 0. The molecule has 94 valence electrons. The molecule has 0 aliphatic carbocycles. The van der Waals surface area contributed by atoms with Gasteiger partial charge in [-0.1, -0.05) is 6.07 Å². The number of nitrogens with zero attached hydrogens (tertiary/aromatic N) is 1. The summed E-state index contributed by atoms with van der Waals surface area (Å²) in [4.78, 5) is 29.0. The first-order valence-electron chi connectivity index (χ1n) is 5.91. The van der Waals surface area contributed by atoms with E-state index < -0.39 is 0 Å². The second-order valence-corrected chi connectivity index (χ2v) is 5.59. The molecule has 3 rings (SSSR count). The monoisotopic (exact) mass is 269 g/mol. The van der Waals surface area contributed by atoms with Crippen LogP contribution in [0.3, 0.4) is 0 Å².